The molecular weight excluding hydrogens is 270 g/mol. The number of likely N-dealkylation sites (N-methyl/N-ethyl adjacent to an activating group) is 1. The van der Waals surface area contributed by atoms with Gasteiger partial charge >= 0.3 is 5.97 Å². The van der Waals surface area contributed by atoms with Gasteiger partial charge in [-0.2, -0.15) is 0 Å². The van der Waals surface area contributed by atoms with E-state index in [4.69, 9.17) is 4.74 Å². The van der Waals surface area contributed by atoms with Crippen LogP contribution >= 0.6 is 0 Å². The Bertz CT molecular complexity index is 447. The Balaban J connectivity index is 1.71. The Labute approximate surface area is 125 Å². The molecule has 4 aliphatic rings. The maximum absolute atomic E-state index is 12.6. The van der Waals surface area contributed by atoms with Crippen LogP contribution in [0.25, 0.3) is 0 Å². The number of carbonyl (C=O) groups is 2. The van der Waals surface area contributed by atoms with Crippen molar-refractivity contribution in [1.82, 2.24) is 5.32 Å². The summed E-state index contributed by atoms with van der Waals surface area (Å²) < 4.78 is 5.43. The lowest BCUT2D eigenvalue weighted by molar-refractivity contribution is -0.199. The smallest absolute Gasteiger partial charge is 0.312 e. The Morgan fingerprint density at radius 3 is 2.43 bits per heavy atom. The molecule has 2 N–H and O–H groups in total. The average Bonchev–Trinajstić information content (AvgIpc) is 2.35. The first-order valence-corrected chi connectivity index (χ1v) is 8.07. The second-order valence-electron chi connectivity index (χ2n) is 7.41. The van der Waals surface area contributed by atoms with Crippen LogP contribution in [0, 0.1) is 17.3 Å². The maximum Gasteiger partial charge on any atom is 0.312 e. The minimum absolute atomic E-state index is 0.255. The summed E-state index contributed by atoms with van der Waals surface area (Å²) in [6, 6.07) is 0. The van der Waals surface area contributed by atoms with Crippen molar-refractivity contribution in [1.29, 1.82) is 0 Å². The molecule has 5 nitrogen and oxygen atoms in total. The summed E-state index contributed by atoms with van der Waals surface area (Å²) in [6.07, 6.45) is 4.14. The Morgan fingerprint density at radius 2 is 1.90 bits per heavy atom. The van der Waals surface area contributed by atoms with E-state index in [1.165, 1.54) is 0 Å². The first kappa shape index (κ1) is 14.8. The lowest BCUT2D eigenvalue weighted by Gasteiger charge is -2.58. The van der Waals surface area contributed by atoms with E-state index in [1.807, 2.05) is 6.92 Å². The molecule has 4 fully saturated rings. The predicted octanol–water partition coefficient (Wildman–Crippen LogP) is 1.39. The first-order chi connectivity index (χ1) is 9.86. The molecule has 0 heterocycles. The summed E-state index contributed by atoms with van der Waals surface area (Å²) in [6.45, 7) is 3.97. The zero-order valence-corrected chi connectivity index (χ0v) is 12.9. The summed E-state index contributed by atoms with van der Waals surface area (Å²) in [5.74, 6) is 0.329. The highest BCUT2D eigenvalue weighted by molar-refractivity contribution is 5.85. The molecule has 118 valence electrons. The van der Waals surface area contributed by atoms with Crippen LogP contribution in [0.1, 0.15) is 52.4 Å². The van der Waals surface area contributed by atoms with Gasteiger partial charge in [0, 0.05) is 6.54 Å². The van der Waals surface area contributed by atoms with Crippen molar-refractivity contribution in [3.05, 3.63) is 0 Å². The molecular formula is C16H25NO4. The van der Waals surface area contributed by atoms with Gasteiger partial charge in [-0.3, -0.25) is 9.59 Å². The minimum Gasteiger partial charge on any atom is -0.452 e. The van der Waals surface area contributed by atoms with Gasteiger partial charge in [-0.25, -0.2) is 0 Å². The molecule has 5 atom stereocenters. The molecule has 4 aliphatic carbocycles. The van der Waals surface area contributed by atoms with Crippen LogP contribution in [0.4, 0.5) is 0 Å². The van der Waals surface area contributed by atoms with Crippen molar-refractivity contribution >= 4 is 11.9 Å². The summed E-state index contributed by atoms with van der Waals surface area (Å²) in [5, 5.41) is 13.3. The van der Waals surface area contributed by atoms with Gasteiger partial charge in [0.1, 0.15) is 0 Å². The van der Waals surface area contributed by atoms with Crippen LogP contribution < -0.4 is 5.32 Å². The van der Waals surface area contributed by atoms with Crippen LogP contribution in [-0.4, -0.2) is 35.2 Å². The molecule has 0 aromatic heterocycles. The van der Waals surface area contributed by atoms with E-state index in [0.717, 1.165) is 32.1 Å². The molecule has 0 aliphatic heterocycles. The van der Waals surface area contributed by atoms with Crippen LogP contribution in [-0.2, 0) is 14.3 Å². The summed E-state index contributed by atoms with van der Waals surface area (Å²) in [4.78, 5) is 24.4. The standard InChI is InChI=1S/C16H25NO4/c1-3-17-13(18)10(2)21-14(19)15-5-11-4-12(6-15)8-16(20,7-11)9-15/h10-12,20H,3-9H2,1-2H3,(H,17,18)/t10-,11-,12+,15?,16?/m1/s1. The van der Waals surface area contributed by atoms with Crippen molar-refractivity contribution in [3.8, 4) is 0 Å². The van der Waals surface area contributed by atoms with Crippen LogP contribution in [0.2, 0.25) is 0 Å². The fourth-order valence-electron chi connectivity index (χ4n) is 5.11. The zero-order chi connectivity index (χ0) is 15.3. The van der Waals surface area contributed by atoms with Crippen LogP contribution in [0.3, 0.4) is 0 Å². The van der Waals surface area contributed by atoms with Gasteiger partial charge in [0.15, 0.2) is 6.10 Å². The van der Waals surface area contributed by atoms with E-state index in [-0.39, 0.29) is 11.9 Å². The summed E-state index contributed by atoms with van der Waals surface area (Å²) in [5.41, 5.74) is -1.24. The molecule has 0 radical (unpaired) electrons. The number of aliphatic hydroxyl groups is 1. The molecule has 5 heteroatoms. The number of hydrogen-bond donors (Lipinski definition) is 2. The zero-order valence-electron chi connectivity index (χ0n) is 12.9. The van der Waals surface area contributed by atoms with Gasteiger partial charge in [-0.15, -0.1) is 0 Å². The van der Waals surface area contributed by atoms with Crippen molar-refractivity contribution in [3.63, 3.8) is 0 Å². The SMILES string of the molecule is CCNC(=O)[C@@H](C)OC(=O)C12C[C@@H]3C[C@@H](CC(O)(C3)C1)C2. The number of amides is 1. The molecule has 0 aromatic rings. The van der Waals surface area contributed by atoms with Crippen molar-refractivity contribution in [2.24, 2.45) is 17.3 Å². The number of nitrogens with one attached hydrogen (secondary N) is 1. The Hall–Kier alpha value is -1.10. The molecule has 4 bridgehead atoms. The third kappa shape index (κ3) is 2.56. The van der Waals surface area contributed by atoms with Crippen molar-refractivity contribution < 1.29 is 19.4 Å². The number of esters is 1. The molecule has 2 unspecified atom stereocenters. The van der Waals surface area contributed by atoms with Gasteiger partial charge in [-0.05, 0) is 64.2 Å². The largest absolute Gasteiger partial charge is 0.452 e. The molecule has 4 saturated carbocycles. The maximum atomic E-state index is 12.6. The van der Waals surface area contributed by atoms with Gasteiger partial charge in [0.25, 0.3) is 5.91 Å². The second-order valence-corrected chi connectivity index (χ2v) is 7.41. The van der Waals surface area contributed by atoms with Gasteiger partial charge < -0.3 is 15.2 Å². The number of rotatable bonds is 4. The van der Waals surface area contributed by atoms with Crippen molar-refractivity contribution in [2.75, 3.05) is 6.54 Å². The normalized spacial score (nSPS) is 41.7. The molecule has 0 saturated heterocycles. The van der Waals surface area contributed by atoms with Gasteiger partial charge in [0.2, 0.25) is 0 Å². The van der Waals surface area contributed by atoms with E-state index in [9.17, 15) is 14.7 Å². The quantitative estimate of drug-likeness (QED) is 0.768. The van der Waals surface area contributed by atoms with E-state index in [1.54, 1.807) is 6.92 Å². The van der Waals surface area contributed by atoms with Gasteiger partial charge in [0.05, 0.1) is 11.0 Å². The number of ether oxygens (including phenoxy) is 1. The van der Waals surface area contributed by atoms with Crippen LogP contribution in [0.15, 0.2) is 0 Å². The number of carbonyl (C=O) groups excluding carboxylic acids is 2. The lowest BCUT2D eigenvalue weighted by atomic mass is 9.48. The monoisotopic (exact) mass is 295 g/mol. The summed E-state index contributed by atoms with van der Waals surface area (Å²) in [7, 11) is 0. The highest BCUT2D eigenvalue weighted by atomic mass is 16.5. The van der Waals surface area contributed by atoms with E-state index >= 15 is 0 Å². The van der Waals surface area contributed by atoms with Crippen molar-refractivity contribution in [2.45, 2.75) is 64.1 Å². The number of hydrogen-bond acceptors (Lipinski definition) is 4. The highest BCUT2D eigenvalue weighted by Crippen LogP contribution is 2.62. The second kappa shape index (κ2) is 4.97. The topological polar surface area (TPSA) is 75.6 Å². The molecule has 21 heavy (non-hydrogen) atoms. The third-order valence-electron chi connectivity index (χ3n) is 5.47. The Morgan fingerprint density at radius 1 is 1.29 bits per heavy atom. The third-order valence-corrected chi connectivity index (χ3v) is 5.47. The fourth-order valence-corrected chi connectivity index (χ4v) is 5.11. The van der Waals surface area contributed by atoms with E-state index < -0.39 is 17.1 Å². The van der Waals surface area contributed by atoms with E-state index in [2.05, 4.69) is 5.32 Å². The fraction of sp³-hybridized carbons (Fsp3) is 0.875. The highest BCUT2D eigenvalue weighted by Gasteiger charge is 2.61. The minimum atomic E-state index is -0.764. The molecule has 1 amide bonds. The predicted molar refractivity (Wildman–Crippen MR) is 76.3 cm³/mol. The summed E-state index contributed by atoms with van der Waals surface area (Å²) >= 11 is 0. The van der Waals surface area contributed by atoms with Gasteiger partial charge in [-0.1, -0.05) is 0 Å². The Kier molecular flexibility index (Phi) is 3.51. The van der Waals surface area contributed by atoms with E-state index in [0.29, 0.717) is 24.8 Å². The molecule has 0 aromatic carbocycles. The van der Waals surface area contributed by atoms with Crippen LogP contribution in [0.5, 0.6) is 0 Å². The molecule has 0 spiro atoms. The first-order valence-electron chi connectivity index (χ1n) is 8.07. The average molecular weight is 295 g/mol. The molecule has 4 rings (SSSR count). The lowest BCUT2D eigenvalue weighted by Crippen LogP contribution is -2.59.